The lowest BCUT2D eigenvalue weighted by Gasteiger charge is -2.10. The van der Waals surface area contributed by atoms with Gasteiger partial charge < -0.3 is 18.9 Å². The van der Waals surface area contributed by atoms with Gasteiger partial charge in [0.15, 0.2) is 23.9 Å². The molecule has 0 aliphatic heterocycles. The molecule has 0 saturated heterocycles. The zero-order valence-electron chi connectivity index (χ0n) is 18.8. The van der Waals surface area contributed by atoms with Gasteiger partial charge in [0.2, 0.25) is 0 Å². The molecule has 0 spiro atoms. The minimum Gasteiger partial charge on any atom is -0.497 e. The lowest BCUT2D eigenvalue weighted by Crippen LogP contribution is -2.24. The second kappa shape index (κ2) is 11.8. The summed E-state index contributed by atoms with van der Waals surface area (Å²) in [4.78, 5) is 34.8. The number of ether oxygens (including phenoxy) is 4. The van der Waals surface area contributed by atoms with Crippen molar-refractivity contribution in [3.8, 4) is 23.0 Å². The van der Waals surface area contributed by atoms with Crippen molar-refractivity contribution >= 4 is 23.8 Å². The van der Waals surface area contributed by atoms with E-state index in [0.717, 1.165) is 0 Å². The molecule has 0 unspecified atom stereocenters. The van der Waals surface area contributed by atoms with Crippen LogP contribution in [0.1, 0.15) is 15.9 Å². The Balaban J connectivity index is 1.58. The van der Waals surface area contributed by atoms with Gasteiger partial charge in [-0.05, 0) is 48.0 Å². The fourth-order valence-corrected chi connectivity index (χ4v) is 2.84. The molecule has 35 heavy (non-hydrogen) atoms. The maximum Gasteiger partial charge on any atom is 0.343 e. The van der Waals surface area contributed by atoms with Gasteiger partial charge in [0.05, 0.1) is 30.9 Å². The Kier molecular flexibility index (Phi) is 8.33. The highest BCUT2D eigenvalue weighted by atomic mass is 16.6. The number of hydrazone groups is 1. The van der Waals surface area contributed by atoms with Crippen LogP contribution in [0.25, 0.3) is 0 Å². The number of carbonyl (C=O) groups is 2. The maximum absolute atomic E-state index is 12.4. The average Bonchev–Trinajstić information content (AvgIpc) is 2.88. The van der Waals surface area contributed by atoms with Crippen molar-refractivity contribution in [3.05, 3.63) is 88.0 Å². The van der Waals surface area contributed by atoms with E-state index in [9.17, 15) is 19.7 Å². The molecule has 3 aromatic rings. The number of nitro benzene ring substituents is 1. The van der Waals surface area contributed by atoms with Gasteiger partial charge in [0.25, 0.3) is 5.91 Å². The molecule has 0 aromatic heterocycles. The SMILES string of the molecule is COc1cccc(C(=O)Oc2ccc(/C=N\NC(=O)COc3ccccc3[N+](=O)[O-])cc2OC)c1. The highest BCUT2D eigenvalue weighted by Crippen LogP contribution is 2.29. The van der Waals surface area contributed by atoms with Crippen molar-refractivity contribution in [3.63, 3.8) is 0 Å². The molecule has 0 aliphatic carbocycles. The van der Waals surface area contributed by atoms with Crippen LogP contribution in [0.15, 0.2) is 71.8 Å². The Bertz CT molecular complexity index is 1260. The summed E-state index contributed by atoms with van der Waals surface area (Å²) in [6.45, 7) is -0.468. The summed E-state index contributed by atoms with van der Waals surface area (Å²) in [7, 11) is 2.92. The molecule has 180 valence electrons. The van der Waals surface area contributed by atoms with Crippen molar-refractivity contribution in [2.45, 2.75) is 0 Å². The van der Waals surface area contributed by atoms with Gasteiger partial charge >= 0.3 is 11.7 Å². The first kappa shape index (κ1) is 24.7. The lowest BCUT2D eigenvalue weighted by molar-refractivity contribution is -0.385. The predicted octanol–water partition coefficient (Wildman–Crippen LogP) is 3.36. The van der Waals surface area contributed by atoms with E-state index in [1.807, 2.05) is 0 Å². The van der Waals surface area contributed by atoms with Gasteiger partial charge in [0, 0.05) is 6.07 Å². The second-order valence-corrected chi connectivity index (χ2v) is 6.84. The van der Waals surface area contributed by atoms with Gasteiger partial charge in [-0.25, -0.2) is 10.2 Å². The zero-order chi connectivity index (χ0) is 25.2. The van der Waals surface area contributed by atoms with Crippen LogP contribution in [0.4, 0.5) is 5.69 Å². The first-order valence-electron chi connectivity index (χ1n) is 10.1. The normalized spacial score (nSPS) is 10.5. The highest BCUT2D eigenvalue weighted by Gasteiger charge is 2.15. The number of methoxy groups -OCH3 is 2. The number of esters is 1. The first-order valence-corrected chi connectivity index (χ1v) is 10.1. The molecule has 0 aliphatic rings. The molecule has 11 nitrogen and oxygen atoms in total. The van der Waals surface area contributed by atoms with E-state index in [1.165, 1.54) is 44.7 Å². The third-order valence-electron chi connectivity index (χ3n) is 4.52. The van der Waals surface area contributed by atoms with Crippen molar-refractivity contribution in [2.75, 3.05) is 20.8 Å². The Hall–Kier alpha value is -4.93. The molecule has 3 aromatic carbocycles. The van der Waals surface area contributed by atoms with Crippen LogP contribution in [0.5, 0.6) is 23.0 Å². The molecule has 0 saturated carbocycles. The topological polar surface area (TPSA) is 139 Å². The number of rotatable bonds is 10. The quantitative estimate of drug-likeness (QED) is 0.154. The number of carbonyl (C=O) groups excluding carboxylic acids is 2. The number of nitrogens with one attached hydrogen (secondary N) is 1. The summed E-state index contributed by atoms with van der Waals surface area (Å²) in [5, 5.41) is 14.8. The fourth-order valence-electron chi connectivity index (χ4n) is 2.84. The van der Waals surface area contributed by atoms with Gasteiger partial charge in [-0.3, -0.25) is 14.9 Å². The molecule has 0 bridgehead atoms. The number of nitrogens with zero attached hydrogens (tertiary/aromatic N) is 2. The molecular weight excluding hydrogens is 458 g/mol. The molecule has 0 radical (unpaired) electrons. The number of hydrogen-bond acceptors (Lipinski definition) is 9. The first-order chi connectivity index (χ1) is 16.9. The van der Waals surface area contributed by atoms with Crippen LogP contribution >= 0.6 is 0 Å². The van der Waals surface area contributed by atoms with E-state index >= 15 is 0 Å². The fraction of sp³-hybridized carbons (Fsp3) is 0.125. The maximum atomic E-state index is 12.4. The third-order valence-corrected chi connectivity index (χ3v) is 4.52. The summed E-state index contributed by atoms with van der Waals surface area (Å²) < 4.78 is 21.0. The van der Waals surface area contributed by atoms with Crippen molar-refractivity contribution in [1.82, 2.24) is 5.43 Å². The average molecular weight is 479 g/mol. The van der Waals surface area contributed by atoms with E-state index in [0.29, 0.717) is 16.9 Å². The van der Waals surface area contributed by atoms with E-state index in [-0.39, 0.29) is 22.9 Å². The smallest absolute Gasteiger partial charge is 0.343 e. The minimum absolute atomic E-state index is 0.0274. The van der Waals surface area contributed by atoms with Crippen LogP contribution in [0, 0.1) is 10.1 Å². The van der Waals surface area contributed by atoms with Crippen LogP contribution in [0.2, 0.25) is 0 Å². The van der Waals surface area contributed by atoms with Crippen LogP contribution < -0.4 is 24.4 Å². The Morgan fingerprint density at radius 1 is 0.971 bits per heavy atom. The number of nitro groups is 1. The van der Waals surface area contributed by atoms with Crippen LogP contribution in [-0.2, 0) is 4.79 Å². The molecule has 3 rings (SSSR count). The largest absolute Gasteiger partial charge is 0.497 e. The standard InChI is InChI=1S/C24H21N3O8/c1-32-18-7-5-6-17(13-18)24(29)35-21-11-10-16(12-22(21)33-2)14-25-26-23(28)15-34-20-9-4-3-8-19(20)27(30)31/h3-14H,15H2,1-2H3,(H,26,28)/b25-14-. The molecule has 0 atom stereocenters. The summed E-state index contributed by atoms with van der Waals surface area (Å²) in [5.41, 5.74) is 2.87. The second-order valence-electron chi connectivity index (χ2n) is 6.84. The van der Waals surface area contributed by atoms with E-state index in [1.54, 1.807) is 42.5 Å². The summed E-state index contributed by atoms with van der Waals surface area (Å²) in [6, 6.07) is 17.0. The van der Waals surface area contributed by atoms with Gasteiger partial charge in [-0.15, -0.1) is 0 Å². The number of hydrogen-bond donors (Lipinski definition) is 1. The number of benzene rings is 3. The van der Waals surface area contributed by atoms with Crippen molar-refractivity contribution in [2.24, 2.45) is 5.10 Å². The Morgan fingerprint density at radius 2 is 1.77 bits per heavy atom. The summed E-state index contributed by atoms with van der Waals surface area (Å²) >= 11 is 0. The highest BCUT2D eigenvalue weighted by molar-refractivity contribution is 5.92. The summed E-state index contributed by atoms with van der Waals surface area (Å²) in [6.07, 6.45) is 1.35. The number of para-hydroxylation sites is 2. The van der Waals surface area contributed by atoms with E-state index < -0.39 is 23.4 Å². The molecule has 0 fully saturated rings. The van der Waals surface area contributed by atoms with E-state index in [2.05, 4.69) is 10.5 Å². The van der Waals surface area contributed by atoms with Gasteiger partial charge in [0.1, 0.15) is 5.75 Å². The molecule has 11 heteroatoms. The Morgan fingerprint density at radius 3 is 2.51 bits per heavy atom. The van der Waals surface area contributed by atoms with Crippen LogP contribution in [-0.4, -0.2) is 43.8 Å². The minimum atomic E-state index is -0.616. The number of amides is 1. The van der Waals surface area contributed by atoms with Crippen molar-refractivity contribution in [1.29, 1.82) is 0 Å². The molecular formula is C24H21N3O8. The Labute approximate surface area is 200 Å². The summed E-state index contributed by atoms with van der Waals surface area (Å²) in [5.74, 6) is -0.242. The lowest BCUT2D eigenvalue weighted by atomic mass is 10.2. The van der Waals surface area contributed by atoms with Gasteiger partial charge in [-0.1, -0.05) is 18.2 Å². The molecule has 1 N–H and O–H groups in total. The van der Waals surface area contributed by atoms with Gasteiger partial charge in [-0.2, -0.15) is 5.10 Å². The molecule has 0 heterocycles. The van der Waals surface area contributed by atoms with E-state index in [4.69, 9.17) is 18.9 Å². The zero-order valence-corrected chi connectivity index (χ0v) is 18.8. The molecule has 1 amide bonds. The van der Waals surface area contributed by atoms with Crippen LogP contribution in [0.3, 0.4) is 0 Å². The monoisotopic (exact) mass is 479 g/mol. The van der Waals surface area contributed by atoms with Crippen molar-refractivity contribution < 1.29 is 33.5 Å². The predicted molar refractivity (Wildman–Crippen MR) is 125 cm³/mol. The third kappa shape index (κ3) is 6.78.